The molecular weight excluding hydrogens is 390 g/mol. The molecule has 0 amide bonds. The van der Waals surface area contributed by atoms with Gasteiger partial charge in [0.15, 0.2) is 0 Å². The molecule has 0 N–H and O–H groups in total. The second-order valence-electron chi connectivity index (χ2n) is 8.94. The number of aromatic nitrogens is 3. The molecule has 3 heterocycles. The zero-order valence-electron chi connectivity index (χ0n) is 19.8. The molecular formula is C29H33N3. The Morgan fingerprint density at radius 1 is 0.656 bits per heavy atom. The lowest BCUT2D eigenvalue weighted by atomic mass is 9.95. The third-order valence-electron chi connectivity index (χ3n) is 4.81. The topological polar surface area (TPSA) is 38.7 Å². The first-order valence-electron chi connectivity index (χ1n) is 11.3. The Labute approximate surface area is 192 Å². The van der Waals surface area contributed by atoms with Crippen LogP contribution in [-0.4, -0.2) is 15.0 Å². The summed E-state index contributed by atoms with van der Waals surface area (Å²) in [6.45, 7) is 10.9. The fourth-order valence-electron chi connectivity index (χ4n) is 3.15. The highest BCUT2D eigenvalue weighted by atomic mass is 14.8. The van der Waals surface area contributed by atoms with Gasteiger partial charge in [0.05, 0.1) is 22.8 Å². The summed E-state index contributed by atoms with van der Waals surface area (Å²) in [4.78, 5) is 14.2. The fraction of sp³-hybridized carbons (Fsp3) is 0.276. The summed E-state index contributed by atoms with van der Waals surface area (Å²) in [6, 6.07) is 12.4. The Kier molecular flexibility index (Phi) is 7.88. The van der Waals surface area contributed by atoms with Crippen molar-refractivity contribution in [3.05, 3.63) is 83.7 Å². The van der Waals surface area contributed by atoms with Crippen LogP contribution in [0.25, 0.3) is 41.0 Å². The van der Waals surface area contributed by atoms with Gasteiger partial charge in [-0.05, 0) is 71.3 Å². The number of pyridine rings is 3. The molecule has 32 heavy (non-hydrogen) atoms. The first kappa shape index (κ1) is 23.3. The van der Waals surface area contributed by atoms with Gasteiger partial charge in [0.2, 0.25) is 0 Å². The van der Waals surface area contributed by atoms with Crippen LogP contribution in [0.15, 0.2) is 67.0 Å². The van der Waals surface area contributed by atoms with E-state index in [4.69, 9.17) is 4.98 Å². The van der Waals surface area contributed by atoms with E-state index in [0.29, 0.717) is 0 Å². The number of allylic oxidation sites excluding steroid dienone is 3. The lowest BCUT2D eigenvalue weighted by Gasteiger charge is -2.11. The van der Waals surface area contributed by atoms with Gasteiger partial charge in [0.1, 0.15) is 0 Å². The molecule has 0 spiro atoms. The maximum atomic E-state index is 4.95. The van der Waals surface area contributed by atoms with Crippen LogP contribution in [0.3, 0.4) is 0 Å². The van der Waals surface area contributed by atoms with Crippen molar-refractivity contribution in [2.24, 2.45) is 5.41 Å². The van der Waals surface area contributed by atoms with Gasteiger partial charge in [0, 0.05) is 12.4 Å². The number of hydrogen-bond acceptors (Lipinski definition) is 3. The molecule has 0 bridgehead atoms. The van der Waals surface area contributed by atoms with Gasteiger partial charge in [-0.2, -0.15) is 0 Å². The molecule has 0 radical (unpaired) electrons. The molecule has 0 aliphatic carbocycles. The Morgan fingerprint density at radius 3 is 1.62 bits per heavy atom. The predicted molar refractivity (Wildman–Crippen MR) is 138 cm³/mol. The Morgan fingerprint density at radius 2 is 1.12 bits per heavy atom. The van der Waals surface area contributed by atoms with E-state index in [1.54, 1.807) is 0 Å². The lowest BCUT2D eigenvalue weighted by Crippen LogP contribution is -1.98. The van der Waals surface area contributed by atoms with Gasteiger partial charge in [-0.25, -0.2) is 4.98 Å². The van der Waals surface area contributed by atoms with Gasteiger partial charge < -0.3 is 0 Å². The van der Waals surface area contributed by atoms with Gasteiger partial charge in [-0.15, -0.1) is 0 Å². The maximum Gasteiger partial charge on any atom is 0.0900 e. The predicted octanol–water partition coefficient (Wildman–Crippen LogP) is 8.11. The van der Waals surface area contributed by atoms with Crippen molar-refractivity contribution in [2.75, 3.05) is 0 Å². The molecule has 164 valence electrons. The summed E-state index contributed by atoms with van der Waals surface area (Å²) in [6.07, 6.45) is 18.6. The van der Waals surface area contributed by atoms with E-state index in [2.05, 4.69) is 105 Å². The van der Waals surface area contributed by atoms with E-state index in [0.717, 1.165) is 52.3 Å². The van der Waals surface area contributed by atoms with Crippen LogP contribution in [0.4, 0.5) is 0 Å². The molecule has 0 saturated carbocycles. The normalized spacial score (nSPS) is 12.4. The summed E-state index contributed by atoms with van der Waals surface area (Å²) in [7, 11) is 0. The van der Waals surface area contributed by atoms with Crippen molar-refractivity contribution in [1.29, 1.82) is 0 Å². The Balaban J connectivity index is 2.07. The number of hydrogen-bond donors (Lipinski definition) is 0. The molecule has 0 fully saturated rings. The highest BCUT2D eigenvalue weighted by Crippen LogP contribution is 2.26. The van der Waals surface area contributed by atoms with Gasteiger partial charge in [0.25, 0.3) is 0 Å². The van der Waals surface area contributed by atoms with Crippen LogP contribution >= 0.6 is 0 Å². The van der Waals surface area contributed by atoms with E-state index in [1.165, 1.54) is 0 Å². The fourth-order valence-corrected chi connectivity index (χ4v) is 3.15. The zero-order valence-corrected chi connectivity index (χ0v) is 19.8. The molecule has 3 nitrogen and oxygen atoms in total. The van der Waals surface area contributed by atoms with E-state index in [1.807, 2.05) is 24.5 Å². The molecule has 3 rings (SSSR count). The second-order valence-corrected chi connectivity index (χ2v) is 8.94. The molecule has 0 unspecified atom stereocenters. The summed E-state index contributed by atoms with van der Waals surface area (Å²) < 4.78 is 0. The van der Waals surface area contributed by atoms with E-state index in [-0.39, 0.29) is 5.41 Å². The standard InChI is InChI=1S/C29H33N3/c1-6-8-10-22-13-16-30-25(18-22)27-20-24(11-9-7-2)21-28(32-27)26-19-23(14-17-31-26)12-15-29(3,4)5/h8-21H,6-7H2,1-5H3/b10-8+,11-9+,15-12+. The van der Waals surface area contributed by atoms with Crippen LogP contribution < -0.4 is 0 Å². The second kappa shape index (κ2) is 10.8. The van der Waals surface area contributed by atoms with Crippen molar-refractivity contribution in [3.63, 3.8) is 0 Å². The first-order valence-corrected chi connectivity index (χ1v) is 11.3. The summed E-state index contributed by atoms with van der Waals surface area (Å²) in [5.41, 5.74) is 6.89. The van der Waals surface area contributed by atoms with Crippen molar-refractivity contribution < 1.29 is 0 Å². The van der Waals surface area contributed by atoms with Crippen LogP contribution in [0.2, 0.25) is 0 Å². The maximum absolute atomic E-state index is 4.95. The molecule has 0 saturated heterocycles. The van der Waals surface area contributed by atoms with E-state index in [9.17, 15) is 0 Å². The van der Waals surface area contributed by atoms with Crippen molar-refractivity contribution in [2.45, 2.75) is 47.5 Å². The average Bonchev–Trinajstić information content (AvgIpc) is 2.80. The molecule has 0 aromatic carbocycles. The molecule has 3 aromatic heterocycles. The van der Waals surface area contributed by atoms with E-state index >= 15 is 0 Å². The summed E-state index contributed by atoms with van der Waals surface area (Å²) in [5.74, 6) is 0. The van der Waals surface area contributed by atoms with Crippen molar-refractivity contribution in [3.8, 4) is 22.8 Å². The molecule has 0 aliphatic heterocycles. The van der Waals surface area contributed by atoms with Crippen LogP contribution in [0.1, 0.15) is 64.2 Å². The molecule has 0 aliphatic rings. The van der Waals surface area contributed by atoms with Crippen molar-refractivity contribution >= 4 is 18.2 Å². The highest BCUT2D eigenvalue weighted by molar-refractivity contribution is 5.70. The lowest BCUT2D eigenvalue weighted by molar-refractivity contribution is 0.547. The van der Waals surface area contributed by atoms with Gasteiger partial charge in [-0.3, -0.25) is 9.97 Å². The third-order valence-corrected chi connectivity index (χ3v) is 4.81. The minimum absolute atomic E-state index is 0.128. The Hall–Kier alpha value is -3.33. The summed E-state index contributed by atoms with van der Waals surface area (Å²) >= 11 is 0. The molecule has 3 heteroatoms. The smallest absolute Gasteiger partial charge is 0.0900 e. The number of rotatable bonds is 7. The quantitative estimate of drug-likeness (QED) is 0.385. The minimum atomic E-state index is 0.128. The van der Waals surface area contributed by atoms with Crippen LogP contribution in [-0.2, 0) is 0 Å². The highest BCUT2D eigenvalue weighted by Gasteiger charge is 2.10. The van der Waals surface area contributed by atoms with Gasteiger partial charge in [-0.1, -0.05) is 71.1 Å². The minimum Gasteiger partial charge on any atom is -0.255 e. The Bertz CT molecular complexity index is 1130. The summed E-state index contributed by atoms with van der Waals surface area (Å²) in [5, 5.41) is 0. The average molecular weight is 424 g/mol. The number of nitrogens with zero attached hydrogens (tertiary/aromatic N) is 3. The molecule has 3 aromatic rings. The molecule has 0 atom stereocenters. The SMILES string of the molecule is CC/C=C/c1ccnc(-c2cc(/C=C/CC)cc(-c3cc(/C=C/C(C)(C)C)ccn3)n2)c1. The van der Waals surface area contributed by atoms with Crippen LogP contribution in [0, 0.1) is 5.41 Å². The first-order chi connectivity index (χ1) is 15.4. The van der Waals surface area contributed by atoms with Crippen LogP contribution in [0.5, 0.6) is 0 Å². The monoisotopic (exact) mass is 423 g/mol. The largest absolute Gasteiger partial charge is 0.255 e. The van der Waals surface area contributed by atoms with E-state index < -0.39 is 0 Å². The zero-order chi connectivity index (χ0) is 23.0. The third kappa shape index (κ3) is 6.84. The van der Waals surface area contributed by atoms with Crippen molar-refractivity contribution in [1.82, 2.24) is 15.0 Å². The van der Waals surface area contributed by atoms with Gasteiger partial charge >= 0.3 is 0 Å².